The van der Waals surface area contributed by atoms with Gasteiger partial charge in [-0.1, -0.05) is 6.07 Å². The molecule has 262 valence electrons. The van der Waals surface area contributed by atoms with E-state index in [1.165, 1.54) is 32.6 Å². The third-order valence-corrected chi connectivity index (χ3v) is 7.66. The van der Waals surface area contributed by atoms with Crippen molar-refractivity contribution in [1.82, 2.24) is 16.1 Å². The number of nitro groups is 2. The molecular weight excluding hydrogens is 775 g/mol. The molecule has 0 aliphatic carbocycles. The van der Waals surface area contributed by atoms with Crippen molar-refractivity contribution in [3.63, 3.8) is 0 Å². The van der Waals surface area contributed by atoms with E-state index >= 15 is 0 Å². The zero-order valence-corrected chi connectivity index (χ0v) is 29.0. The number of hydrazone groups is 1. The highest BCUT2D eigenvalue weighted by atomic mass is 127. The summed E-state index contributed by atoms with van der Waals surface area (Å²) in [6.45, 7) is 2.96. The number of esters is 1. The first kappa shape index (κ1) is 36.8. The van der Waals surface area contributed by atoms with Crippen LogP contribution in [0.5, 0.6) is 28.7 Å². The summed E-state index contributed by atoms with van der Waals surface area (Å²) >= 11 is 1.91. The van der Waals surface area contributed by atoms with Crippen LogP contribution in [0.1, 0.15) is 31.0 Å². The van der Waals surface area contributed by atoms with E-state index in [0.29, 0.717) is 20.4 Å². The summed E-state index contributed by atoms with van der Waals surface area (Å²) in [6, 6.07) is 9.48. The predicted molar refractivity (Wildman–Crippen MR) is 184 cm³/mol. The number of carbonyl (C=O) groups excluding carboxylic acids is 3. The van der Waals surface area contributed by atoms with Crippen molar-refractivity contribution < 1.29 is 47.9 Å². The largest absolute Gasteiger partial charge is 0.493 e. The molecule has 1 heterocycles. The van der Waals surface area contributed by atoms with Crippen LogP contribution in [-0.4, -0.2) is 61.4 Å². The molecule has 3 amide bonds. The van der Waals surface area contributed by atoms with E-state index in [-0.39, 0.29) is 40.9 Å². The first-order valence-electron chi connectivity index (χ1n) is 14.4. The fraction of sp³-hybridized carbons (Fsp3) is 0.226. The van der Waals surface area contributed by atoms with Crippen molar-refractivity contribution in [3.8, 4) is 28.7 Å². The number of carbonyl (C=O) groups is 3. The normalized spacial score (nSPS) is 13.9. The number of hydrogen-bond acceptors (Lipinski definition) is 13. The van der Waals surface area contributed by atoms with Crippen LogP contribution in [0.25, 0.3) is 0 Å². The Kier molecular flexibility index (Phi) is 12.1. The lowest BCUT2D eigenvalue weighted by Crippen LogP contribution is -2.45. The molecule has 1 aliphatic heterocycles. The SMILES string of the molecule is CCOC(=O)C1=C(C)NC(=O)N[C@H]1c1ccc(OCC(=O)N/N=C/c2cc(I)c(Oc3ccc([N+](=O)[O-])cc3[N+](=O)[O-])c(OC)c2)c(OC)c1. The van der Waals surface area contributed by atoms with E-state index in [2.05, 4.69) is 21.2 Å². The zero-order valence-electron chi connectivity index (χ0n) is 26.8. The van der Waals surface area contributed by atoms with Crippen LogP contribution >= 0.6 is 22.6 Å². The highest BCUT2D eigenvalue weighted by molar-refractivity contribution is 14.1. The quantitative estimate of drug-likeness (QED) is 0.0665. The minimum Gasteiger partial charge on any atom is -0.493 e. The number of halogens is 1. The van der Waals surface area contributed by atoms with Crippen molar-refractivity contribution >= 4 is 58.1 Å². The average molecular weight is 805 g/mol. The van der Waals surface area contributed by atoms with Crippen LogP contribution in [0, 0.1) is 23.8 Å². The number of nitrogens with zero attached hydrogens (tertiary/aromatic N) is 3. The van der Waals surface area contributed by atoms with Gasteiger partial charge in [0.15, 0.2) is 29.6 Å². The van der Waals surface area contributed by atoms with Crippen molar-refractivity contribution in [2.75, 3.05) is 27.4 Å². The van der Waals surface area contributed by atoms with Gasteiger partial charge in [0, 0.05) is 11.8 Å². The molecular formula is C31H29IN6O12. The smallest absolute Gasteiger partial charge is 0.338 e. The number of nitro benzene ring substituents is 2. The number of methoxy groups -OCH3 is 2. The summed E-state index contributed by atoms with van der Waals surface area (Å²) in [6.07, 6.45) is 1.32. The third-order valence-electron chi connectivity index (χ3n) is 6.86. The topological polar surface area (TPSA) is 232 Å². The van der Waals surface area contributed by atoms with Crippen LogP contribution < -0.4 is 35.0 Å². The van der Waals surface area contributed by atoms with Gasteiger partial charge < -0.3 is 34.3 Å². The highest BCUT2D eigenvalue weighted by Crippen LogP contribution is 2.41. The van der Waals surface area contributed by atoms with E-state index in [4.69, 9.17) is 23.7 Å². The maximum absolute atomic E-state index is 12.6. The third kappa shape index (κ3) is 8.72. The van der Waals surface area contributed by atoms with Crippen LogP contribution in [0.4, 0.5) is 16.2 Å². The van der Waals surface area contributed by atoms with Gasteiger partial charge in [-0.2, -0.15) is 5.10 Å². The van der Waals surface area contributed by atoms with Gasteiger partial charge in [0.25, 0.3) is 11.6 Å². The number of rotatable bonds is 14. The monoisotopic (exact) mass is 804 g/mol. The lowest BCUT2D eigenvalue weighted by atomic mass is 9.95. The van der Waals surface area contributed by atoms with Crippen LogP contribution in [0.2, 0.25) is 0 Å². The van der Waals surface area contributed by atoms with E-state index in [1.54, 1.807) is 32.0 Å². The Morgan fingerprint density at radius 1 is 1.00 bits per heavy atom. The molecule has 0 saturated carbocycles. The minimum absolute atomic E-state index is 0.116. The Morgan fingerprint density at radius 3 is 2.38 bits per heavy atom. The second-order valence-corrected chi connectivity index (χ2v) is 11.2. The molecule has 18 nitrogen and oxygen atoms in total. The van der Waals surface area contributed by atoms with Gasteiger partial charge in [0.2, 0.25) is 5.75 Å². The summed E-state index contributed by atoms with van der Waals surface area (Å²) in [7, 11) is 2.74. The molecule has 3 aromatic rings. The van der Waals surface area contributed by atoms with E-state index in [0.717, 1.165) is 18.2 Å². The molecule has 0 aromatic heterocycles. The molecule has 4 rings (SSSR count). The molecule has 19 heteroatoms. The molecule has 0 spiro atoms. The first-order valence-corrected chi connectivity index (χ1v) is 15.5. The standard InChI is InChI=1S/C31H29IN6O12/c1-5-48-30(40)27-16(2)34-31(41)35-28(27)18-6-8-23(24(12-18)46-3)49-15-26(39)36-33-14-17-10-20(32)29(25(11-17)47-4)50-22-9-7-19(37(42)43)13-21(22)38(44)45/h6-14,28H,5,15H2,1-4H3,(H,36,39)(H2,34,35,41)/b33-14+/t28-/m0/s1. The van der Waals surface area contributed by atoms with Gasteiger partial charge in [0.1, 0.15) is 0 Å². The lowest BCUT2D eigenvalue weighted by molar-refractivity contribution is -0.394. The Morgan fingerprint density at radius 2 is 1.72 bits per heavy atom. The van der Waals surface area contributed by atoms with Crippen molar-refractivity contribution in [1.29, 1.82) is 0 Å². The first-order chi connectivity index (χ1) is 23.9. The number of benzene rings is 3. The van der Waals surface area contributed by atoms with Gasteiger partial charge in [-0.15, -0.1) is 0 Å². The molecule has 0 fully saturated rings. The fourth-order valence-electron chi connectivity index (χ4n) is 4.63. The molecule has 0 bridgehead atoms. The van der Waals surface area contributed by atoms with Crippen LogP contribution in [0.15, 0.2) is 64.9 Å². The molecule has 3 N–H and O–H groups in total. The van der Waals surface area contributed by atoms with Gasteiger partial charge in [0.05, 0.1) is 58.1 Å². The summed E-state index contributed by atoms with van der Waals surface area (Å²) in [5.74, 6) is -0.722. The Hall–Kier alpha value is -5.99. The number of amides is 3. The minimum atomic E-state index is -0.827. The fourth-order valence-corrected chi connectivity index (χ4v) is 5.37. The molecule has 50 heavy (non-hydrogen) atoms. The van der Waals surface area contributed by atoms with Gasteiger partial charge >= 0.3 is 17.7 Å². The lowest BCUT2D eigenvalue weighted by Gasteiger charge is -2.28. The molecule has 1 atom stereocenters. The molecule has 1 aliphatic rings. The van der Waals surface area contributed by atoms with Gasteiger partial charge in [-0.3, -0.25) is 25.0 Å². The van der Waals surface area contributed by atoms with E-state index in [1.807, 2.05) is 22.6 Å². The molecule has 3 aromatic carbocycles. The van der Waals surface area contributed by atoms with E-state index < -0.39 is 51.8 Å². The molecule has 0 unspecified atom stereocenters. The number of ether oxygens (including phenoxy) is 5. The molecule has 0 radical (unpaired) electrons. The Labute approximate surface area is 297 Å². The summed E-state index contributed by atoms with van der Waals surface area (Å²) in [5.41, 5.74) is 2.81. The van der Waals surface area contributed by atoms with Gasteiger partial charge in [-0.25, -0.2) is 15.0 Å². The van der Waals surface area contributed by atoms with Gasteiger partial charge in [-0.05, 0) is 77.9 Å². The number of hydrogen-bond donors (Lipinski definition) is 3. The average Bonchev–Trinajstić information content (AvgIpc) is 3.07. The number of nitrogens with one attached hydrogen (secondary N) is 3. The highest BCUT2D eigenvalue weighted by Gasteiger charge is 2.33. The van der Waals surface area contributed by atoms with Crippen molar-refractivity contribution in [2.45, 2.75) is 19.9 Å². The zero-order chi connectivity index (χ0) is 36.5. The van der Waals surface area contributed by atoms with Crippen LogP contribution in [-0.2, 0) is 14.3 Å². The predicted octanol–water partition coefficient (Wildman–Crippen LogP) is 4.64. The van der Waals surface area contributed by atoms with Crippen molar-refractivity contribution in [2.24, 2.45) is 5.10 Å². The number of urea groups is 1. The van der Waals surface area contributed by atoms with Crippen LogP contribution in [0.3, 0.4) is 0 Å². The summed E-state index contributed by atoms with van der Waals surface area (Å²) in [5, 5.41) is 31.8. The Bertz CT molecular complexity index is 1910. The van der Waals surface area contributed by atoms with E-state index in [9.17, 15) is 34.6 Å². The molecule has 0 saturated heterocycles. The maximum Gasteiger partial charge on any atom is 0.338 e. The second-order valence-electron chi connectivity index (χ2n) is 10.1. The van der Waals surface area contributed by atoms with Crippen molar-refractivity contribution in [3.05, 3.63) is 94.7 Å². The summed E-state index contributed by atoms with van der Waals surface area (Å²) < 4.78 is 27.8. The summed E-state index contributed by atoms with van der Waals surface area (Å²) in [4.78, 5) is 58.4. The number of allylic oxidation sites excluding steroid dienone is 1. The number of non-ortho nitro benzene ring substituents is 1. The maximum atomic E-state index is 12.6. The Balaban J connectivity index is 1.42. The second kappa shape index (κ2) is 16.4.